The van der Waals surface area contributed by atoms with Crippen LogP contribution in [-0.4, -0.2) is 83.2 Å². The fraction of sp³-hybridized carbons (Fsp3) is 0. The molecule has 0 unspecified atom stereocenters. The molecule has 0 amide bonds. The van der Waals surface area contributed by atoms with Gasteiger partial charge in [-0.05, 0) is 30.8 Å². The smallest absolute Gasteiger partial charge is 0 e. The first-order valence-electron chi connectivity index (χ1n) is 3.06. The average molecular weight is 718 g/mol. The molecule has 0 aromatic rings. The maximum atomic E-state index is 8.33. The first-order chi connectivity index (χ1) is 8.66. The molecule has 0 aliphatic rings. The predicted octanol–water partition coefficient (Wildman–Crippen LogP) is -13.0. The Morgan fingerprint density at radius 3 is 0.318 bits per heavy atom. The van der Waals surface area contributed by atoms with Crippen LogP contribution in [0.25, 0.3) is 0 Å². The Labute approximate surface area is 157 Å². The first-order valence-corrected chi connectivity index (χ1v) is 3.06. The van der Waals surface area contributed by atoms with E-state index >= 15 is 0 Å². The number of carbonyl (C=O) groups excluding carboxylic acids is 5. The molecular weight excluding hydrogens is 718 g/mol. The molecule has 0 aliphatic carbocycles. The summed E-state index contributed by atoms with van der Waals surface area (Å²) in [5.41, 5.74) is 0. The Kier molecular flexibility index (Phi) is 70.8. The standard InChI is InChI=1S/5CH2O3.2Bi/c5*2-1(3)4;;/h5*(H2,2,3,4);;/p-10. The number of hydrogen-bond acceptors (Lipinski definition) is 15. The van der Waals surface area contributed by atoms with E-state index in [1.54, 1.807) is 0 Å². The first kappa shape index (κ1) is 42.7. The topological polar surface area (TPSA) is 316 Å². The van der Waals surface area contributed by atoms with E-state index in [0.717, 1.165) is 0 Å². The predicted molar refractivity (Wildman–Crippen MR) is 38.5 cm³/mol. The molecule has 22 heavy (non-hydrogen) atoms. The van der Waals surface area contributed by atoms with Crippen LogP contribution in [0.4, 0.5) is 24.0 Å². The van der Waals surface area contributed by atoms with E-state index in [-0.39, 0.29) is 52.4 Å². The van der Waals surface area contributed by atoms with Crippen LogP contribution in [-0.2, 0) is 0 Å². The van der Waals surface area contributed by atoms with Gasteiger partial charge < -0.3 is 75.0 Å². The molecule has 0 rings (SSSR count). The van der Waals surface area contributed by atoms with E-state index in [1.807, 2.05) is 0 Å². The average Bonchev–Trinajstić information content (AvgIpc) is 1.94. The van der Waals surface area contributed by atoms with Gasteiger partial charge in [-0.3, -0.25) is 0 Å². The van der Waals surface area contributed by atoms with Gasteiger partial charge in [-0.25, -0.2) is 0 Å². The quantitative estimate of drug-likeness (QED) is 0.210. The van der Waals surface area contributed by atoms with Gasteiger partial charge >= 0.3 is 0 Å². The monoisotopic (exact) mass is 718 g/mol. The molecule has 17 heteroatoms. The third-order valence-corrected chi connectivity index (χ3v) is 0. The molecule has 0 saturated heterocycles. The zero-order valence-electron chi connectivity index (χ0n) is 9.52. The van der Waals surface area contributed by atoms with Crippen LogP contribution in [0.2, 0.25) is 0 Å². The van der Waals surface area contributed by atoms with Crippen LogP contribution in [0.1, 0.15) is 0 Å². The third-order valence-electron chi connectivity index (χ3n) is 0. The molecule has 15 nitrogen and oxygen atoms in total. The number of rotatable bonds is 0. The summed E-state index contributed by atoms with van der Waals surface area (Å²) in [7, 11) is 0. The van der Waals surface area contributed by atoms with Crippen LogP contribution in [0, 0.1) is 0 Å². The van der Waals surface area contributed by atoms with Crippen molar-refractivity contribution in [2.24, 2.45) is 0 Å². The van der Waals surface area contributed by atoms with Gasteiger partial charge in [0, 0.05) is 52.4 Å². The second kappa shape index (κ2) is 36.5. The summed E-state index contributed by atoms with van der Waals surface area (Å²) in [5, 5.41) is 83.3. The minimum absolute atomic E-state index is 0. The number of carbonyl (C=O) groups is 5. The molecule has 0 aromatic heterocycles. The molecule has 0 spiro atoms. The summed E-state index contributed by atoms with van der Waals surface area (Å²) in [4.78, 5) is 41.7. The second-order valence-electron chi connectivity index (χ2n) is 1.25. The Hall–Kier alpha value is -1.88. The SMILES string of the molecule is O=C([O-])[O-].O=C([O-])[O-].O=C([O-])[O-].O=C([O-])[O-].O=C([O-])[O-].[Bi].[Bi]. The van der Waals surface area contributed by atoms with Crippen LogP contribution < -0.4 is 51.1 Å². The van der Waals surface area contributed by atoms with E-state index in [9.17, 15) is 0 Å². The van der Waals surface area contributed by atoms with Crippen molar-refractivity contribution in [3.05, 3.63) is 0 Å². The molecule has 0 aromatic carbocycles. The zero-order chi connectivity index (χ0) is 17.9. The van der Waals surface area contributed by atoms with E-state index in [0.29, 0.717) is 0 Å². The van der Waals surface area contributed by atoms with E-state index < -0.39 is 30.8 Å². The fourth-order valence-electron chi connectivity index (χ4n) is 0. The van der Waals surface area contributed by atoms with Gasteiger partial charge in [0.1, 0.15) is 0 Å². The Balaban J connectivity index is -0.0000000250. The molecule has 0 saturated carbocycles. The van der Waals surface area contributed by atoms with Crippen molar-refractivity contribution in [3.8, 4) is 0 Å². The normalized spacial score (nSPS) is 5.45. The summed E-state index contributed by atoms with van der Waals surface area (Å²) in [6.07, 6.45) is -11.7. The van der Waals surface area contributed by atoms with Gasteiger partial charge in [-0.2, -0.15) is 0 Å². The number of carboxylic acid groups (broad SMARTS) is 10. The molecule has 0 aliphatic heterocycles. The van der Waals surface area contributed by atoms with Gasteiger partial charge in [-0.15, -0.1) is 0 Å². The van der Waals surface area contributed by atoms with Crippen molar-refractivity contribution in [1.29, 1.82) is 0 Å². The second-order valence-corrected chi connectivity index (χ2v) is 1.25. The Morgan fingerprint density at radius 1 is 0.318 bits per heavy atom. The van der Waals surface area contributed by atoms with Crippen molar-refractivity contribution in [2.75, 3.05) is 0 Å². The van der Waals surface area contributed by atoms with E-state index in [2.05, 4.69) is 0 Å². The van der Waals surface area contributed by atoms with E-state index in [4.69, 9.17) is 75.0 Å². The molecule has 0 fully saturated rings. The molecule has 0 heterocycles. The van der Waals surface area contributed by atoms with Crippen molar-refractivity contribution in [2.45, 2.75) is 0 Å². The van der Waals surface area contributed by atoms with Crippen LogP contribution in [0.5, 0.6) is 0 Å². The summed E-state index contributed by atoms with van der Waals surface area (Å²) >= 11 is 0. The van der Waals surface area contributed by atoms with Gasteiger partial charge in [0.2, 0.25) is 0 Å². The molecule has 130 valence electrons. The van der Waals surface area contributed by atoms with Crippen LogP contribution in [0.3, 0.4) is 0 Å². The van der Waals surface area contributed by atoms with Gasteiger partial charge in [0.05, 0.1) is 0 Å². The maximum Gasteiger partial charge on any atom is 0 e. The molecule has 6 radical (unpaired) electrons. The van der Waals surface area contributed by atoms with Crippen LogP contribution >= 0.6 is 0 Å². The van der Waals surface area contributed by atoms with Crippen molar-refractivity contribution < 1.29 is 75.0 Å². The molecule has 0 atom stereocenters. The molecule has 0 N–H and O–H groups in total. The van der Waals surface area contributed by atoms with Crippen molar-refractivity contribution in [3.63, 3.8) is 0 Å². The van der Waals surface area contributed by atoms with Crippen molar-refractivity contribution >= 4 is 83.2 Å². The summed E-state index contributed by atoms with van der Waals surface area (Å²) in [5.74, 6) is 0. The van der Waals surface area contributed by atoms with Crippen molar-refractivity contribution in [1.82, 2.24) is 0 Å². The van der Waals surface area contributed by atoms with Gasteiger partial charge in [0.25, 0.3) is 0 Å². The van der Waals surface area contributed by atoms with Gasteiger partial charge in [0.15, 0.2) is 0 Å². The molecule has 0 bridgehead atoms. The summed E-state index contributed by atoms with van der Waals surface area (Å²) < 4.78 is 0. The summed E-state index contributed by atoms with van der Waals surface area (Å²) in [6.45, 7) is 0. The minimum atomic E-state index is -2.33. The van der Waals surface area contributed by atoms with E-state index in [1.165, 1.54) is 0 Å². The zero-order valence-corrected chi connectivity index (χ0v) is 16.5. The molecular formula is C5Bi2O15-10. The summed E-state index contributed by atoms with van der Waals surface area (Å²) in [6, 6.07) is 0. The van der Waals surface area contributed by atoms with Crippen LogP contribution in [0.15, 0.2) is 0 Å². The third kappa shape index (κ3) is 1500. The fourth-order valence-corrected chi connectivity index (χ4v) is 0. The Bertz CT molecular complexity index is 211. The maximum absolute atomic E-state index is 8.33. The number of hydrogen-bond donors (Lipinski definition) is 0. The van der Waals surface area contributed by atoms with Gasteiger partial charge in [-0.1, -0.05) is 0 Å². The largest absolute Gasteiger partial charge is 0.652 e. The Morgan fingerprint density at radius 2 is 0.318 bits per heavy atom. The minimum Gasteiger partial charge on any atom is -0.652 e.